The summed E-state index contributed by atoms with van der Waals surface area (Å²) in [6, 6.07) is 11.8. The summed E-state index contributed by atoms with van der Waals surface area (Å²) >= 11 is 0. The molecule has 2 aromatic carbocycles. The molecule has 6 heteroatoms. The number of hydrogen-bond donors (Lipinski definition) is 2. The van der Waals surface area contributed by atoms with Crippen molar-refractivity contribution in [2.45, 2.75) is 63.5 Å². The molecule has 0 spiro atoms. The highest BCUT2D eigenvalue weighted by atomic mass is 16.5. The molecule has 2 aliphatic heterocycles. The molecule has 0 radical (unpaired) electrons. The maximum absolute atomic E-state index is 11.7. The van der Waals surface area contributed by atoms with Crippen molar-refractivity contribution in [2.75, 3.05) is 10.6 Å². The Balaban J connectivity index is 1.69. The summed E-state index contributed by atoms with van der Waals surface area (Å²) in [6.45, 7) is 7.29. The van der Waals surface area contributed by atoms with Gasteiger partial charge in [0.15, 0.2) is 11.5 Å². The van der Waals surface area contributed by atoms with Gasteiger partial charge >= 0.3 is 11.9 Å². The zero-order valence-electron chi connectivity index (χ0n) is 17.7. The number of nitrogens with one attached hydrogen (secondary N) is 2. The summed E-state index contributed by atoms with van der Waals surface area (Å²) in [5.41, 5.74) is 3.59. The summed E-state index contributed by atoms with van der Waals surface area (Å²) in [4.78, 5) is 23.3. The largest absolute Gasteiger partial charge is 0.424 e. The van der Waals surface area contributed by atoms with Crippen LogP contribution in [0.3, 0.4) is 0 Å². The first kappa shape index (κ1) is 19.0. The number of ether oxygens (including phenoxy) is 2. The second-order valence-electron chi connectivity index (χ2n) is 9.16. The predicted octanol–water partition coefficient (Wildman–Crippen LogP) is 4.57. The Hall–Kier alpha value is -3.02. The van der Waals surface area contributed by atoms with Crippen LogP contribution < -0.4 is 20.1 Å². The fourth-order valence-electron chi connectivity index (χ4n) is 5.66. The molecule has 0 unspecified atom stereocenters. The molecule has 2 aromatic rings. The molecule has 1 aliphatic carbocycles. The fourth-order valence-corrected chi connectivity index (χ4v) is 5.66. The van der Waals surface area contributed by atoms with Crippen LogP contribution in [0, 0.1) is 0 Å². The van der Waals surface area contributed by atoms with Gasteiger partial charge < -0.3 is 20.1 Å². The van der Waals surface area contributed by atoms with E-state index in [1.54, 1.807) is 0 Å². The Morgan fingerprint density at radius 2 is 1.20 bits per heavy atom. The number of carbonyl (C=O) groups is 2. The molecule has 0 saturated heterocycles. The van der Waals surface area contributed by atoms with Gasteiger partial charge in [-0.1, -0.05) is 24.3 Å². The quantitative estimate of drug-likeness (QED) is 0.562. The monoisotopic (exact) mass is 406 g/mol. The van der Waals surface area contributed by atoms with Gasteiger partial charge in [-0.25, -0.2) is 0 Å². The lowest BCUT2D eigenvalue weighted by Crippen LogP contribution is -2.67. The van der Waals surface area contributed by atoms with Crippen LogP contribution in [0.2, 0.25) is 0 Å². The van der Waals surface area contributed by atoms with Gasteiger partial charge in [-0.3, -0.25) is 9.59 Å². The van der Waals surface area contributed by atoms with E-state index in [-0.39, 0.29) is 34.9 Å². The van der Waals surface area contributed by atoms with E-state index in [1.807, 2.05) is 24.3 Å². The van der Waals surface area contributed by atoms with E-state index >= 15 is 0 Å². The lowest BCUT2D eigenvalue weighted by Gasteiger charge is -2.61. The highest BCUT2D eigenvalue weighted by Crippen LogP contribution is 2.63. The van der Waals surface area contributed by atoms with Crippen molar-refractivity contribution in [2.24, 2.45) is 0 Å². The first-order valence-corrected chi connectivity index (χ1v) is 10.4. The number of carbonyl (C=O) groups excluding carboxylic acids is 2. The van der Waals surface area contributed by atoms with Crippen molar-refractivity contribution in [1.29, 1.82) is 0 Å². The summed E-state index contributed by atoms with van der Waals surface area (Å²) in [5, 5.41) is 7.44. The molecular formula is C24H26N2O4. The Labute approximate surface area is 176 Å². The summed E-state index contributed by atoms with van der Waals surface area (Å²) in [7, 11) is 0. The minimum absolute atomic E-state index is 0.267. The second kappa shape index (κ2) is 6.24. The second-order valence-corrected chi connectivity index (χ2v) is 9.16. The molecule has 0 amide bonds. The first-order chi connectivity index (χ1) is 14.2. The van der Waals surface area contributed by atoms with Gasteiger partial charge in [0.1, 0.15) is 0 Å². The summed E-state index contributed by atoms with van der Waals surface area (Å²) < 4.78 is 11.1. The van der Waals surface area contributed by atoms with Crippen molar-refractivity contribution in [3.05, 3.63) is 47.5 Å². The fraction of sp³-hybridized carbons (Fsp3) is 0.417. The maximum Gasteiger partial charge on any atom is 0.308 e. The topological polar surface area (TPSA) is 76.7 Å². The summed E-state index contributed by atoms with van der Waals surface area (Å²) in [5.74, 6) is 1.03. The van der Waals surface area contributed by atoms with Crippen molar-refractivity contribution >= 4 is 23.3 Å². The molecule has 4 atom stereocenters. The van der Waals surface area contributed by atoms with Crippen molar-refractivity contribution in [3.63, 3.8) is 0 Å². The molecule has 1 fully saturated rings. The minimum atomic E-state index is -0.327. The van der Waals surface area contributed by atoms with Crippen molar-refractivity contribution in [3.8, 4) is 11.5 Å². The number of benzene rings is 2. The van der Waals surface area contributed by atoms with Gasteiger partial charge in [0.2, 0.25) is 0 Å². The van der Waals surface area contributed by atoms with Gasteiger partial charge in [-0.15, -0.1) is 0 Å². The third-order valence-electron chi connectivity index (χ3n) is 7.18. The molecule has 30 heavy (non-hydrogen) atoms. The zero-order valence-corrected chi connectivity index (χ0v) is 17.7. The number of hydrogen-bond acceptors (Lipinski definition) is 6. The van der Waals surface area contributed by atoms with Crippen LogP contribution in [0.15, 0.2) is 36.4 Å². The molecule has 3 aliphatic rings. The Kier molecular flexibility index (Phi) is 3.95. The summed E-state index contributed by atoms with van der Waals surface area (Å²) in [6.07, 6.45) is 1.91. The highest BCUT2D eigenvalue weighted by molar-refractivity contribution is 5.79. The Bertz CT molecular complexity index is 995. The van der Waals surface area contributed by atoms with E-state index in [1.165, 1.54) is 25.0 Å². The van der Waals surface area contributed by atoms with Crippen molar-refractivity contribution < 1.29 is 19.1 Å². The van der Waals surface area contributed by atoms with Crippen LogP contribution in [0.4, 0.5) is 11.4 Å². The van der Waals surface area contributed by atoms with Crippen LogP contribution in [-0.2, 0) is 9.59 Å². The van der Waals surface area contributed by atoms with E-state index in [2.05, 4.69) is 36.6 Å². The van der Waals surface area contributed by atoms with Crippen LogP contribution in [0.1, 0.15) is 63.5 Å². The van der Waals surface area contributed by atoms with Gasteiger partial charge in [0.25, 0.3) is 0 Å². The normalized spacial score (nSPS) is 30.1. The Morgan fingerprint density at radius 3 is 1.57 bits per heavy atom. The first-order valence-electron chi connectivity index (χ1n) is 10.4. The SMILES string of the molecule is CC(=O)Oc1cccc2c1N[C@]1(C)C[C@H]2[C@@H]2C[C@@]1(C)Nc1c(OC(C)=O)cccc12. The van der Waals surface area contributed by atoms with Gasteiger partial charge in [0.05, 0.1) is 22.5 Å². The maximum atomic E-state index is 11.7. The third kappa shape index (κ3) is 2.62. The van der Waals surface area contributed by atoms with E-state index < -0.39 is 0 Å². The van der Waals surface area contributed by atoms with Crippen LogP contribution >= 0.6 is 0 Å². The lowest BCUT2D eigenvalue weighted by atomic mass is 9.54. The number of para-hydroxylation sites is 2. The molecular weight excluding hydrogens is 380 g/mol. The number of fused-ring (bicyclic) bond motifs is 10. The molecule has 5 rings (SSSR count). The zero-order chi connectivity index (χ0) is 21.3. The van der Waals surface area contributed by atoms with Gasteiger partial charge in [-0.2, -0.15) is 0 Å². The van der Waals surface area contributed by atoms with Crippen LogP contribution in [0.5, 0.6) is 11.5 Å². The number of rotatable bonds is 2. The minimum Gasteiger partial charge on any atom is -0.424 e. The van der Waals surface area contributed by atoms with Crippen LogP contribution in [-0.4, -0.2) is 23.0 Å². The van der Waals surface area contributed by atoms with Gasteiger partial charge in [0, 0.05) is 13.8 Å². The smallest absolute Gasteiger partial charge is 0.308 e. The van der Waals surface area contributed by atoms with Crippen molar-refractivity contribution in [1.82, 2.24) is 0 Å². The van der Waals surface area contributed by atoms with Crippen LogP contribution in [0.25, 0.3) is 0 Å². The molecule has 156 valence electrons. The van der Waals surface area contributed by atoms with E-state index in [0.29, 0.717) is 11.5 Å². The number of anilines is 2. The Morgan fingerprint density at radius 1 is 0.800 bits per heavy atom. The molecule has 4 bridgehead atoms. The molecule has 2 N–H and O–H groups in total. The average molecular weight is 406 g/mol. The van der Waals surface area contributed by atoms with E-state index in [4.69, 9.17) is 9.47 Å². The third-order valence-corrected chi connectivity index (χ3v) is 7.18. The lowest BCUT2D eigenvalue weighted by molar-refractivity contribution is -0.132. The van der Waals surface area contributed by atoms with E-state index in [0.717, 1.165) is 24.2 Å². The molecule has 1 saturated carbocycles. The van der Waals surface area contributed by atoms with E-state index in [9.17, 15) is 9.59 Å². The predicted molar refractivity (Wildman–Crippen MR) is 114 cm³/mol. The molecule has 2 heterocycles. The number of esters is 2. The highest BCUT2D eigenvalue weighted by Gasteiger charge is 2.59. The standard InChI is InChI=1S/C24H26N2O4/c1-13(27)29-19-9-5-7-15-17-11-23(3,25-21(15)19)24(4)12-18(17)16-8-6-10-20(22(16)26-24)30-14(2)28/h5-10,17-18,25-26H,11-12H2,1-4H3/t17-,18-,23-,24-/m1/s1. The molecule has 6 nitrogen and oxygen atoms in total. The average Bonchev–Trinajstić information content (AvgIpc) is 2.66. The van der Waals surface area contributed by atoms with Gasteiger partial charge in [-0.05, 0) is 61.8 Å². The molecule has 0 aromatic heterocycles.